The first kappa shape index (κ1) is 30.2. The number of sulfonamides is 1. The first-order chi connectivity index (χ1) is 20.3. The Morgan fingerprint density at radius 3 is 2.35 bits per heavy atom. The molecule has 2 fully saturated rings. The van der Waals surface area contributed by atoms with Gasteiger partial charge in [-0.2, -0.15) is 4.31 Å². The van der Waals surface area contributed by atoms with E-state index in [4.69, 9.17) is 0 Å². The van der Waals surface area contributed by atoms with Crippen LogP contribution in [0.25, 0.3) is 0 Å². The highest BCUT2D eigenvalue weighted by Gasteiger charge is 2.54. The first-order valence-electron chi connectivity index (χ1n) is 14.0. The minimum atomic E-state index is -4.31. The molecule has 2 amide bonds. The fraction of sp³-hybridized carbons (Fsp3) is 0.355. The highest BCUT2D eigenvalue weighted by molar-refractivity contribution is 7.89. The topological polar surface area (TPSA) is 157 Å². The molecule has 11 nitrogen and oxygen atoms in total. The number of likely N-dealkylation sites (tertiary alicyclic amines) is 1. The van der Waals surface area contributed by atoms with E-state index < -0.39 is 62.7 Å². The van der Waals surface area contributed by atoms with Crippen molar-refractivity contribution in [1.82, 2.24) is 19.5 Å². The predicted molar refractivity (Wildman–Crippen MR) is 158 cm³/mol. The van der Waals surface area contributed by atoms with Crippen LogP contribution in [0.4, 0.5) is 0 Å². The van der Waals surface area contributed by atoms with E-state index in [2.05, 4.69) is 31.1 Å². The maximum atomic E-state index is 14.0. The van der Waals surface area contributed by atoms with Gasteiger partial charge in [-0.3, -0.25) is 19.2 Å². The highest BCUT2D eigenvalue weighted by atomic mass is 32.2. The van der Waals surface area contributed by atoms with Crippen LogP contribution in [0.5, 0.6) is 5.75 Å². The number of rotatable bonds is 7. The van der Waals surface area contributed by atoms with Crippen LogP contribution in [0.1, 0.15) is 48.7 Å². The van der Waals surface area contributed by atoms with E-state index in [1.807, 2.05) is 12.1 Å². The zero-order valence-electron chi connectivity index (χ0n) is 24.1. The number of carbonyl (C=O) groups excluding carboxylic acids is 3. The lowest BCUT2D eigenvalue weighted by atomic mass is 9.86. The van der Waals surface area contributed by atoms with E-state index in [1.54, 1.807) is 24.3 Å². The van der Waals surface area contributed by atoms with Crippen molar-refractivity contribution in [3.8, 4) is 5.75 Å². The van der Waals surface area contributed by atoms with Crippen LogP contribution in [0.3, 0.4) is 0 Å². The number of fused-ring (bicyclic) bond motifs is 1. The molecule has 2 aliphatic rings. The van der Waals surface area contributed by atoms with Crippen molar-refractivity contribution in [2.75, 3.05) is 13.1 Å². The van der Waals surface area contributed by atoms with Gasteiger partial charge in [0.25, 0.3) is 11.5 Å². The number of aromatic hydroxyl groups is 1. The number of amides is 2. The lowest BCUT2D eigenvalue weighted by Gasteiger charge is -2.28. The van der Waals surface area contributed by atoms with Gasteiger partial charge in [-0.05, 0) is 59.4 Å². The zero-order valence-corrected chi connectivity index (χ0v) is 24.9. The number of pyridine rings is 1. The summed E-state index contributed by atoms with van der Waals surface area (Å²) in [5.74, 6) is -1.41. The molecule has 0 bridgehead atoms. The van der Waals surface area contributed by atoms with E-state index in [-0.39, 0.29) is 30.6 Å². The second kappa shape index (κ2) is 11.4. The molecule has 5 rings (SSSR count). The van der Waals surface area contributed by atoms with E-state index >= 15 is 0 Å². The number of H-pyrrole nitrogens is 1. The van der Waals surface area contributed by atoms with Crippen LogP contribution in [-0.4, -0.2) is 76.5 Å². The quantitative estimate of drug-likeness (QED) is 0.371. The van der Waals surface area contributed by atoms with E-state index in [1.165, 1.54) is 35.4 Å². The van der Waals surface area contributed by atoms with Crippen molar-refractivity contribution in [1.29, 1.82) is 0 Å². The Bertz CT molecular complexity index is 1710. The van der Waals surface area contributed by atoms with E-state index in [0.717, 1.165) is 9.87 Å². The molecule has 1 aromatic heterocycles. The largest absolute Gasteiger partial charge is 0.508 e. The molecule has 43 heavy (non-hydrogen) atoms. The monoisotopic (exact) mass is 606 g/mol. The van der Waals surface area contributed by atoms with E-state index in [0.29, 0.717) is 11.1 Å². The number of phenolic OH excluding ortho intramolecular Hbond substituents is 1. The van der Waals surface area contributed by atoms with Crippen LogP contribution < -0.4 is 10.9 Å². The van der Waals surface area contributed by atoms with Gasteiger partial charge >= 0.3 is 0 Å². The molecule has 3 N–H and O–H groups in total. The Kier molecular flexibility index (Phi) is 8.01. The van der Waals surface area contributed by atoms with Gasteiger partial charge in [-0.1, -0.05) is 45.0 Å². The van der Waals surface area contributed by atoms with Gasteiger partial charge < -0.3 is 20.3 Å². The molecule has 2 aromatic carbocycles. The lowest BCUT2D eigenvalue weighted by molar-refractivity contribution is -0.138. The molecule has 0 radical (unpaired) electrons. The minimum absolute atomic E-state index is 0.0482. The smallest absolute Gasteiger partial charge is 0.268 e. The van der Waals surface area contributed by atoms with E-state index in [9.17, 15) is 32.7 Å². The molecule has 0 aliphatic carbocycles. The zero-order chi connectivity index (χ0) is 31.1. The number of benzene rings is 2. The van der Waals surface area contributed by atoms with Gasteiger partial charge in [-0.15, -0.1) is 0 Å². The summed E-state index contributed by atoms with van der Waals surface area (Å²) < 4.78 is 27.8. The summed E-state index contributed by atoms with van der Waals surface area (Å²) in [4.78, 5) is 56.1. The van der Waals surface area contributed by atoms with Crippen molar-refractivity contribution >= 4 is 27.6 Å². The standard InChI is InChI=1S/C31H34N4O7S/c1-31(2,3)21-10-8-20(9-11-21)28(38)33-23(17-19-6-12-22(36)13-7-19)30(40)34-16-14-24-27(34)25(37)18-35(24)43(41,42)26-5-4-15-32-29(26)39/h4-13,15,23-24,27,36H,14,16-18H2,1-3H3,(H,32,39)(H,33,38). The van der Waals surface area contributed by atoms with Gasteiger partial charge in [0.2, 0.25) is 15.9 Å². The molecule has 12 heteroatoms. The Morgan fingerprint density at radius 1 is 1.05 bits per heavy atom. The number of Topliss-reactive ketones (excluding diaryl/α,β-unsaturated/α-hetero) is 1. The normalized spacial score (nSPS) is 19.7. The third-order valence-electron chi connectivity index (χ3n) is 8.02. The number of nitrogens with zero attached hydrogens (tertiary/aromatic N) is 2. The SMILES string of the molecule is CC(C)(C)c1ccc(C(=O)NC(Cc2ccc(O)cc2)C(=O)N2CCC3C2C(=O)CN3S(=O)(=O)c2ccc[nH]c2=O)cc1. The summed E-state index contributed by atoms with van der Waals surface area (Å²) >= 11 is 0. The summed E-state index contributed by atoms with van der Waals surface area (Å²) in [6, 6.07) is 13.0. The number of aromatic nitrogens is 1. The Hall–Kier alpha value is -4.29. The summed E-state index contributed by atoms with van der Waals surface area (Å²) in [6.45, 7) is 5.81. The van der Waals surface area contributed by atoms with Gasteiger partial charge in [0.1, 0.15) is 22.7 Å². The number of aromatic amines is 1. The molecule has 3 heterocycles. The molecular weight excluding hydrogens is 572 g/mol. The number of nitrogens with one attached hydrogen (secondary N) is 2. The molecule has 226 valence electrons. The van der Waals surface area contributed by atoms with Crippen molar-refractivity contribution in [3.05, 3.63) is 93.9 Å². The summed E-state index contributed by atoms with van der Waals surface area (Å²) in [5, 5.41) is 12.5. The first-order valence-corrected chi connectivity index (χ1v) is 15.4. The van der Waals surface area contributed by atoms with Crippen LogP contribution in [-0.2, 0) is 31.4 Å². The van der Waals surface area contributed by atoms with Crippen molar-refractivity contribution < 1.29 is 27.9 Å². The third-order valence-corrected chi connectivity index (χ3v) is 9.92. The Labute approximate surface area is 249 Å². The minimum Gasteiger partial charge on any atom is -0.508 e. The van der Waals surface area contributed by atoms with Gasteiger partial charge in [0.15, 0.2) is 5.78 Å². The third kappa shape index (κ3) is 5.98. The second-order valence-corrected chi connectivity index (χ2v) is 13.8. The number of hydrogen-bond donors (Lipinski definition) is 3. The number of carbonyl (C=O) groups is 3. The Morgan fingerprint density at radius 2 is 1.72 bits per heavy atom. The number of hydrogen-bond acceptors (Lipinski definition) is 7. The van der Waals surface area contributed by atoms with Crippen LogP contribution in [0, 0.1) is 0 Å². The molecule has 2 saturated heterocycles. The van der Waals surface area contributed by atoms with Crippen LogP contribution in [0.2, 0.25) is 0 Å². The summed E-state index contributed by atoms with van der Waals surface area (Å²) in [6.07, 6.45) is 1.59. The number of ketones is 1. The molecular formula is C31H34N4O7S. The highest BCUT2D eigenvalue weighted by Crippen LogP contribution is 2.34. The predicted octanol–water partition coefficient (Wildman–Crippen LogP) is 1.96. The fourth-order valence-electron chi connectivity index (χ4n) is 5.71. The molecule has 0 saturated carbocycles. The molecule has 3 unspecified atom stereocenters. The van der Waals surface area contributed by atoms with Crippen molar-refractivity contribution in [3.63, 3.8) is 0 Å². The molecule has 2 aliphatic heterocycles. The molecule has 3 atom stereocenters. The average Bonchev–Trinajstić information content (AvgIpc) is 3.54. The van der Waals surface area contributed by atoms with Crippen molar-refractivity contribution in [2.45, 2.75) is 62.0 Å². The molecule has 3 aromatic rings. The Balaban J connectivity index is 1.41. The fourth-order valence-corrected chi connectivity index (χ4v) is 7.38. The number of phenols is 1. The molecule has 0 spiro atoms. The summed E-state index contributed by atoms with van der Waals surface area (Å²) in [5.41, 5.74) is 1.16. The van der Waals surface area contributed by atoms with Crippen molar-refractivity contribution in [2.24, 2.45) is 0 Å². The van der Waals surface area contributed by atoms with Gasteiger partial charge in [0.05, 0.1) is 12.6 Å². The van der Waals surface area contributed by atoms with Crippen LogP contribution in [0.15, 0.2) is 76.6 Å². The maximum absolute atomic E-state index is 14.0. The van der Waals surface area contributed by atoms with Gasteiger partial charge in [0, 0.05) is 24.7 Å². The van der Waals surface area contributed by atoms with Gasteiger partial charge in [-0.25, -0.2) is 8.42 Å². The maximum Gasteiger partial charge on any atom is 0.268 e. The second-order valence-electron chi connectivity index (χ2n) is 11.9. The average molecular weight is 607 g/mol. The summed E-state index contributed by atoms with van der Waals surface area (Å²) in [7, 11) is -4.31. The lowest BCUT2D eigenvalue weighted by Crippen LogP contribution is -2.53. The van der Waals surface area contributed by atoms with Crippen LogP contribution >= 0.6 is 0 Å².